The lowest BCUT2D eigenvalue weighted by Gasteiger charge is -2.00. The van der Waals surface area contributed by atoms with Gasteiger partial charge in [0.1, 0.15) is 11.3 Å². The summed E-state index contributed by atoms with van der Waals surface area (Å²) >= 11 is 5.90. The predicted octanol–water partition coefficient (Wildman–Crippen LogP) is 3.62. The average Bonchev–Trinajstić information content (AvgIpc) is 2.97. The quantitative estimate of drug-likeness (QED) is 0.386. The van der Waals surface area contributed by atoms with Gasteiger partial charge in [-0.05, 0) is 30.7 Å². The van der Waals surface area contributed by atoms with E-state index < -0.39 is 0 Å². The van der Waals surface area contributed by atoms with Crippen LogP contribution >= 0.6 is 11.6 Å². The van der Waals surface area contributed by atoms with Crippen LogP contribution in [-0.4, -0.2) is 31.5 Å². The second-order valence-corrected chi connectivity index (χ2v) is 5.96. The van der Waals surface area contributed by atoms with Crippen LogP contribution in [0.15, 0.2) is 41.5 Å². The topological polar surface area (TPSA) is 99.1 Å². The van der Waals surface area contributed by atoms with Gasteiger partial charge in [-0.2, -0.15) is 10.1 Å². The Labute approximate surface area is 147 Å². The summed E-state index contributed by atoms with van der Waals surface area (Å²) in [6.07, 6.45) is 1.43. The number of aromatic amines is 1. The summed E-state index contributed by atoms with van der Waals surface area (Å²) in [7, 11) is 0. The van der Waals surface area contributed by atoms with Gasteiger partial charge in [-0.3, -0.25) is 0 Å². The van der Waals surface area contributed by atoms with E-state index in [4.69, 9.17) is 11.6 Å². The van der Waals surface area contributed by atoms with Gasteiger partial charge >= 0.3 is 0 Å². The Hall–Kier alpha value is -3.19. The summed E-state index contributed by atoms with van der Waals surface area (Å²) in [5.41, 5.74) is 6.62. The first-order valence-electron chi connectivity index (χ1n) is 7.51. The van der Waals surface area contributed by atoms with Crippen molar-refractivity contribution in [2.45, 2.75) is 6.92 Å². The minimum Gasteiger partial charge on any atom is -0.507 e. The van der Waals surface area contributed by atoms with Gasteiger partial charge in [0.2, 0.25) is 0 Å². The minimum absolute atomic E-state index is 0.0792. The summed E-state index contributed by atoms with van der Waals surface area (Å²) in [5.74, 6) is 0.324. The first-order chi connectivity index (χ1) is 12.1. The molecule has 124 valence electrons. The number of aryl methyl sites for hydroxylation is 1. The van der Waals surface area contributed by atoms with E-state index in [0.717, 1.165) is 16.5 Å². The van der Waals surface area contributed by atoms with E-state index in [1.807, 2.05) is 25.1 Å². The van der Waals surface area contributed by atoms with Crippen molar-refractivity contribution < 1.29 is 5.11 Å². The number of nitrogens with one attached hydrogen (secondary N) is 2. The SMILES string of the molecule is Cc1cccc2c1[nH]c1nc(N/N=C\c3cc(Cl)ccc3O)nnc12. The lowest BCUT2D eigenvalue weighted by atomic mass is 10.1. The Bertz CT molecular complexity index is 1120. The van der Waals surface area contributed by atoms with Crippen molar-refractivity contribution in [3.8, 4) is 5.75 Å². The number of phenolic OH excluding ortho intramolecular Hbond substituents is 1. The number of benzene rings is 2. The number of anilines is 1. The fraction of sp³-hybridized carbons (Fsp3) is 0.0588. The zero-order chi connectivity index (χ0) is 17.4. The van der Waals surface area contributed by atoms with Crippen molar-refractivity contribution in [1.29, 1.82) is 0 Å². The highest BCUT2D eigenvalue weighted by Crippen LogP contribution is 2.24. The third kappa shape index (κ3) is 2.85. The third-order valence-electron chi connectivity index (χ3n) is 3.82. The van der Waals surface area contributed by atoms with Gasteiger partial charge in [-0.1, -0.05) is 29.8 Å². The maximum absolute atomic E-state index is 9.75. The molecule has 0 amide bonds. The molecule has 2 aromatic carbocycles. The van der Waals surface area contributed by atoms with Crippen LogP contribution < -0.4 is 5.43 Å². The summed E-state index contributed by atoms with van der Waals surface area (Å²) in [6.45, 7) is 2.02. The second kappa shape index (κ2) is 6.03. The molecular weight excluding hydrogens is 340 g/mol. The van der Waals surface area contributed by atoms with E-state index in [9.17, 15) is 5.11 Å². The molecule has 2 aromatic heterocycles. The molecule has 0 bridgehead atoms. The Morgan fingerprint density at radius 3 is 3.00 bits per heavy atom. The molecule has 4 rings (SSSR count). The molecule has 25 heavy (non-hydrogen) atoms. The summed E-state index contributed by atoms with van der Waals surface area (Å²) < 4.78 is 0. The molecule has 0 aliphatic carbocycles. The summed E-state index contributed by atoms with van der Waals surface area (Å²) in [4.78, 5) is 7.63. The van der Waals surface area contributed by atoms with Crippen LogP contribution in [0.2, 0.25) is 5.02 Å². The fourth-order valence-electron chi connectivity index (χ4n) is 2.58. The molecule has 0 radical (unpaired) electrons. The van der Waals surface area contributed by atoms with Gasteiger partial charge in [0.05, 0.1) is 11.7 Å². The molecular formula is C17H13ClN6O. The Morgan fingerprint density at radius 2 is 2.12 bits per heavy atom. The van der Waals surface area contributed by atoms with Crippen molar-refractivity contribution in [3.63, 3.8) is 0 Å². The predicted molar refractivity (Wildman–Crippen MR) is 98.3 cm³/mol. The summed E-state index contributed by atoms with van der Waals surface area (Å²) in [6, 6.07) is 10.7. The Balaban J connectivity index is 1.64. The van der Waals surface area contributed by atoms with Gasteiger partial charge in [0, 0.05) is 16.0 Å². The second-order valence-electron chi connectivity index (χ2n) is 5.53. The highest BCUT2D eigenvalue weighted by atomic mass is 35.5. The first kappa shape index (κ1) is 15.3. The Morgan fingerprint density at radius 1 is 1.24 bits per heavy atom. The van der Waals surface area contributed by atoms with E-state index in [2.05, 4.69) is 30.7 Å². The summed E-state index contributed by atoms with van der Waals surface area (Å²) in [5, 5.41) is 23.5. The molecule has 0 aliphatic heterocycles. The van der Waals surface area contributed by atoms with Crippen molar-refractivity contribution in [2.24, 2.45) is 5.10 Å². The van der Waals surface area contributed by atoms with E-state index in [0.29, 0.717) is 21.7 Å². The molecule has 2 heterocycles. The number of aromatic hydroxyl groups is 1. The number of halogens is 1. The molecule has 0 saturated carbocycles. The third-order valence-corrected chi connectivity index (χ3v) is 4.05. The first-order valence-corrected chi connectivity index (χ1v) is 7.89. The number of para-hydroxylation sites is 1. The molecule has 8 heteroatoms. The van der Waals surface area contributed by atoms with Crippen LogP contribution in [0, 0.1) is 6.92 Å². The number of nitrogens with zero attached hydrogens (tertiary/aromatic N) is 4. The number of H-pyrrole nitrogens is 1. The van der Waals surface area contributed by atoms with Gasteiger partial charge in [-0.15, -0.1) is 10.2 Å². The molecule has 4 aromatic rings. The molecule has 0 spiro atoms. The van der Waals surface area contributed by atoms with Crippen LogP contribution in [-0.2, 0) is 0 Å². The van der Waals surface area contributed by atoms with E-state index in [1.165, 1.54) is 12.3 Å². The largest absolute Gasteiger partial charge is 0.507 e. The van der Waals surface area contributed by atoms with E-state index >= 15 is 0 Å². The highest BCUT2D eigenvalue weighted by molar-refractivity contribution is 6.30. The fourth-order valence-corrected chi connectivity index (χ4v) is 2.76. The number of hydrogen-bond acceptors (Lipinski definition) is 6. The van der Waals surface area contributed by atoms with Crippen molar-refractivity contribution >= 4 is 45.8 Å². The zero-order valence-corrected chi connectivity index (χ0v) is 13.9. The normalized spacial score (nSPS) is 11.6. The van der Waals surface area contributed by atoms with Crippen molar-refractivity contribution in [3.05, 3.63) is 52.5 Å². The zero-order valence-electron chi connectivity index (χ0n) is 13.2. The molecule has 7 nitrogen and oxygen atoms in total. The number of fused-ring (bicyclic) bond motifs is 3. The maximum atomic E-state index is 9.75. The average molecular weight is 353 g/mol. The molecule has 0 saturated heterocycles. The molecule has 0 aliphatic rings. The van der Waals surface area contributed by atoms with Crippen LogP contribution in [0.3, 0.4) is 0 Å². The number of hydrogen-bond donors (Lipinski definition) is 3. The molecule has 3 N–H and O–H groups in total. The Kier molecular flexibility index (Phi) is 3.70. The lowest BCUT2D eigenvalue weighted by molar-refractivity contribution is 0.474. The standard InChI is InChI=1S/C17H13ClN6O/c1-9-3-2-4-12-14(9)20-16-15(12)22-24-17(21-16)23-19-8-10-7-11(18)5-6-13(10)25/h2-8,25H,1H3,(H2,20,21,23,24)/b19-8-. The van der Waals surface area contributed by atoms with Gasteiger partial charge < -0.3 is 10.1 Å². The van der Waals surface area contributed by atoms with Crippen LogP contribution in [0.4, 0.5) is 5.95 Å². The van der Waals surface area contributed by atoms with Crippen LogP contribution in [0.25, 0.3) is 22.1 Å². The monoisotopic (exact) mass is 352 g/mol. The van der Waals surface area contributed by atoms with E-state index in [1.54, 1.807) is 12.1 Å². The van der Waals surface area contributed by atoms with Crippen LogP contribution in [0.1, 0.15) is 11.1 Å². The number of rotatable bonds is 3. The molecule has 0 atom stereocenters. The molecule has 0 fully saturated rings. The molecule has 0 unspecified atom stereocenters. The minimum atomic E-state index is 0.0792. The van der Waals surface area contributed by atoms with Crippen molar-refractivity contribution in [2.75, 3.05) is 5.43 Å². The van der Waals surface area contributed by atoms with Gasteiger partial charge in [0.25, 0.3) is 5.95 Å². The van der Waals surface area contributed by atoms with Gasteiger partial charge in [0.15, 0.2) is 5.65 Å². The smallest absolute Gasteiger partial charge is 0.265 e. The maximum Gasteiger partial charge on any atom is 0.265 e. The highest BCUT2D eigenvalue weighted by Gasteiger charge is 2.10. The van der Waals surface area contributed by atoms with Crippen LogP contribution in [0.5, 0.6) is 5.75 Å². The van der Waals surface area contributed by atoms with E-state index in [-0.39, 0.29) is 11.7 Å². The lowest BCUT2D eigenvalue weighted by Crippen LogP contribution is -1.99. The number of hydrazone groups is 1. The number of aromatic nitrogens is 4. The number of phenols is 1. The van der Waals surface area contributed by atoms with Crippen molar-refractivity contribution in [1.82, 2.24) is 20.2 Å². The van der Waals surface area contributed by atoms with Gasteiger partial charge in [-0.25, -0.2) is 5.43 Å².